The molecular weight excluding hydrogens is 666 g/mol. The Morgan fingerprint density at radius 1 is 0.434 bits per heavy atom. The number of carbonyl (C=O) groups is 4. The summed E-state index contributed by atoms with van der Waals surface area (Å²) in [6.07, 6.45) is 40.1. The van der Waals surface area contributed by atoms with Crippen LogP contribution in [0.15, 0.2) is 24.3 Å². The van der Waals surface area contributed by atoms with Crippen LogP contribution in [0.25, 0.3) is 0 Å². The number of esters is 2. The molecular formula is C45H83NO7. The van der Waals surface area contributed by atoms with Crippen molar-refractivity contribution >= 4 is 23.5 Å². The van der Waals surface area contributed by atoms with Crippen LogP contribution in [0.1, 0.15) is 194 Å². The Morgan fingerprint density at radius 3 is 1.11 bits per heavy atom. The summed E-state index contributed by atoms with van der Waals surface area (Å²) < 4.78 is 14.9. The smallest absolute Gasteiger partial charge is 0.305 e. The molecule has 0 rings (SSSR count). The number of unbranched alkanes of at least 4 members (excludes halogenated alkanes) is 20. The van der Waals surface area contributed by atoms with E-state index in [1.54, 1.807) is 21.0 Å². The highest BCUT2D eigenvalue weighted by Crippen LogP contribution is 2.12. The van der Waals surface area contributed by atoms with E-state index in [0.717, 1.165) is 70.9 Å². The molecule has 0 unspecified atom stereocenters. The molecule has 0 aromatic carbocycles. The van der Waals surface area contributed by atoms with E-state index in [1.807, 2.05) is 7.05 Å². The molecule has 310 valence electrons. The predicted molar refractivity (Wildman–Crippen MR) is 221 cm³/mol. The van der Waals surface area contributed by atoms with Crippen LogP contribution in [0, 0.1) is 0 Å². The molecule has 0 aliphatic rings. The van der Waals surface area contributed by atoms with Gasteiger partial charge in [0.1, 0.15) is 18.2 Å². The molecule has 0 aromatic rings. The lowest BCUT2D eigenvalue weighted by atomic mass is 10.1. The summed E-state index contributed by atoms with van der Waals surface area (Å²) in [5.74, 6) is 0.466. The Morgan fingerprint density at radius 2 is 0.755 bits per heavy atom. The first-order chi connectivity index (χ1) is 25.7. The number of Topliss-reactive ketones (excluding diaryl/α,β-unsaturated/α-hetero) is 2. The standard InChI is InChI=1S/C25H47NO4.C20H36O3/c1-24(27)18-16-14-12-10-8-6-4-5-7-9-11-13-15-17-19-25(28)30-23-21-26(2)20-22-29-3;1-19(21)17-15-13-11-9-7-5-3-4-6-8-10-12-14-16-18-20(22)23-2/h4-5H,6-23H2,1-3H3;3-4H,5-18H2,1-2H3/b5-4+;4-3+. The fourth-order valence-corrected chi connectivity index (χ4v) is 5.78. The quantitative estimate of drug-likeness (QED) is 0.0349. The van der Waals surface area contributed by atoms with E-state index in [1.165, 1.54) is 116 Å². The molecule has 0 saturated heterocycles. The highest BCUT2D eigenvalue weighted by atomic mass is 16.5. The molecule has 0 fully saturated rings. The normalized spacial score (nSPS) is 11.3. The van der Waals surface area contributed by atoms with E-state index < -0.39 is 0 Å². The topological polar surface area (TPSA) is 99.2 Å². The van der Waals surface area contributed by atoms with E-state index in [2.05, 4.69) is 33.9 Å². The van der Waals surface area contributed by atoms with Gasteiger partial charge in [0.15, 0.2) is 0 Å². The number of allylic oxidation sites excluding steroid dienone is 4. The van der Waals surface area contributed by atoms with E-state index in [9.17, 15) is 19.2 Å². The third kappa shape index (κ3) is 49.7. The summed E-state index contributed by atoms with van der Waals surface area (Å²) in [4.78, 5) is 46.4. The number of rotatable bonds is 38. The summed E-state index contributed by atoms with van der Waals surface area (Å²) in [6, 6.07) is 0. The first kappa shape index (κ1) is 52.8. The lowest BCUT2D eigenvalue weighted by Gasteiger charge is -2.15. The molecule has 53 heavy (non-hydrogen) atoms. The number of hydrogen-bond acceptors (Lipinski definition) is 8. The SMILES string of the molecule is COC(=O)CCCCCCC/C=C/CCCCCCCC(C)=O.COCCN(C)CCOC(=O)CCCCCCC/C=C/CCCCCCCC(C)=O. The van der Waals surface area contributed by atoms with Crippen molar-refractivity contribution in [3.05, 3.63) is 24.3 Å². The van der Waals surface area contributed by atoms with Gasteiger partial charge >= 0.3 is 11.9 Å². The van der Waals surface area contributed by atoms with Gasteiger partial charge in [-0.3, -0.25) is 9.59 Å². The van der Waals surface area contributed by atoms with Crippen molar-refractivity contribution in [2.45, 2.75) is 194 Å². The zero-order valence-corrected chi connectivity index (χ0v) is 35.2. The third-order valence-electron chi connectivity index (χ3n) is 9.28. The summed E-state index contributed by atoms with van der Waals surface area (Å²) in [6.45, 7) is 6.12. The fourth-order valence-electron chi connectivity index (χ4n) is 5.78. The van der Waals surface area contributed by atoms with Gasteiger partial charge in [-0.1, -0.05) is 101 Å². The van der Waals surface area contributed by atoms with E-state index in [0.29, 0.717) is 37.6 Å². The van der Waals surface area contributed by atoms with E-state index in [4.69, 9.17) is 9.47 Å². The summed E-state index contributed by atoms with van der Waals surface area (Å²) in [5.41, 5.74) is 0. The van der Waals surface area contributed by atoms with Crippen LogP contribution < -0.4 is 0 Å². The lowest BCUT2D eigenvalue weighted by molar-refractivity contribution is -0.144. The van der Waals surface area contributed by atoms with Crippen LogP contribution in [-0.4, -0.2) is 76.0 Å². The minimum absolute atomic E-state index is 0.0723. The van der Waals surface area contributed by atoms with Crippen molar-refractivity contribution in [1.29, 1.82) is 0 Å². The number of likely N-dealkylation sites (N-methyl/N-ethyl adjacent to an activating group) is 1. The maximum atomic E-state index is 11.7. The van der Waals surface area contributed by atoms with Gasteiger partial charge in [0, 0.05) is 45.9 Å². The predicted octanol–water partition coefficient (Wildman–Crippen LogP) is 11.5. The largest absolute Gasteiger partial charge is 0.469 e. The number of carbonyl (C=O) groups excluding carboxylic acids is 4. The van der Waals surface area contributed by atoms with Gasteiger partial charge in [0.2, 0.25) is 0 Å². The Kier molecular flexibility index (Phi) is 43.9. The van der Waals surface area contributed by atoms with E-state index in [-0.39, 0.29) is 11.9 Å². The fraction of sp³-hybridized carbons (Fsp3) is 0.822. The molecule has 0 aromatic heterocycles. The molecule has 8 heteroatoms. The van der Waals surface area contributed by atoms with Gasteiger partial charge in [-0.15, -0.1) is 0 Å². The lowest BCUT2D eigenvalue weighted by Crippen LogP contribution is -2.27. The zero-order chi connectivity index (χ0) is 39.5. The van der Waals surface area contributed by atoms with Crippen molar-refractivity contribution in [3.63, 3.8) is 0 Å². The second kappa shape index (κ2) is 44.1. The highest BCUT2D eigenvalue weighted by molar-refractivity contribution is 5.75. The van der Waals surface area contributed by atoms with Gasteiger partial charge < -0.3 is 28.7 Å². The summed E-state index contributed by atoms with van der Waals surface area (Å²) in [5, 5.41) is 0. The van der Waals surface area contributed by atoms with Gasteiger partial charge in [0.05, 0.1) is 13.7 Å². The maximum absolute atomic E-state index is 11.7. The minimum Gasteiger partial charge on any atom is -0.469 e. The van der Waals surface area contributed by atoms with Crippen molar-refractivity contribution in [2.24, 2.45) is 0 Å². The second-order valence-electron chi connectivity index (χ2n) is 14.7. The maximum Gasteiger partial charge on any atom is 0.305 e. The van der Waals surface area contributed by atoms with Crippen molar-refractivity contribution in [2.75, 3.05) is 47.6 Å². The van der Waals surface area contributed by atoms with Gasteiger partial charge in [-0.2, -0.15) is 0 Å². The van der Waals surface area contributed by atoms with Crippen molar-refractivity contribution < 1.29 is 33.4 Å². The van der Waals surface area contributed by atoms with Crippen LogP contribution in [0.3, 0.4) is 0 Å². The van der Waals surface area contributed by atoms with Gasteiger partial charge in [-0.25, -0.2) is 0 Å². The molecule has 0 radical (unpaired) electrons. The summed E-state index contributed by atoms with van der Waals surface area (Å²) >= 11 is 0. The van der Waals surface area contributed by atoms with Crippen LogP contribution in [0.4, 0.5) is 0 Å². The molecule has 0 aliphatic carbocycles. The first-order valence-corrected chi connectivity index (χ1v) is 21.4. The van der Waals surface area contributed by atoms with Crippen LogP contribution in [-0.2, 0) is 33.4 Å². The number of ketones is 2. The molecule has 0 bridgehead atoms. The van der Waals surface area contributed by atoms with Gasteiger partial charge in [0.25, 0.3) is 0 Å². The minimum atomic E-state index is -0.0909. The molecule has 0 spiro atoms. The molecule has 8 nitrogen and oxygen atoms in total. The molecule has 0 amide bonds. The molecule has 0 atom stereocenters. The second-order valence-corrected chi connectivity index (χ2v) is 14.7. The molecule has 0 N–H and O–H groups in total. The Bertz CT molecular complexity index is 901. The van der Waals surface area contributed by atoms with Crippen molar-refractivity contribution in [1.82, 2.24) is 4.90 Å². The van der Waals surface area contributed by atoms with E-state index >= 15 is 0 Å². The average molecular weight is 750 g/mol. The third-order valence-corrected chi connectivity index (χ3v) is 9.28. The van der Waals surface area contributed by atoms with Crippen LogP contribution >= 0.6 is 0 Å². The average Bonchev–Trinajstić information content (AvgIpc) is 3.13. The number of hydrogen-bond donors (Lipinski definition) is 0. The van der Waals surface area contributed by atoms with Crippen LogP contribution in [0.5, 0.6) is 0 Å². The van der Waals surface area contributed by atoms with Crippen molar-refractivity contribution in [3.8, 4) is 0 Å². The number of ether oxygens (including phenoxy) is 3. The Hall–Kier alpha value is -2.32. The molecule has 0 heterocycles. The Labute approximate surface area is 326 Å². The highest BCUT2D eigenvalue weighted by Gasteiger charge is 2.04. The Balaban J connectivity index is 0. The van der Waals surface area contributed by atoms with Crippen LogP contribution in [0.2, 0.25) is 0 Å². The number of nitrogens with zero attached hydrogens (tertiary/aromatic N) is 1. The molecule has 0 saturated carbocycles. The number of methoxy groups -OCH3 is 2. The van der Waals surface area contributed by atoms with Gasteiger partial charge in [-0.05, 0) is 97.9 Å². The monoisotopic (exact) mass is 750 g/mol. The first-order valence-electron chi connectivity index (χ1n) is 21.4. The summed E-state index contributed by atoms with van der Waals surface area (Å²) in [7, 11) is 5.14. The molecule has 0 aliphatic heterocycles. The zero-order valence-electron chi connectivity index (χ0n) is 35.2.